The zero-order valence-corrected chi connectivity index (χ0v) is 10.3. The Morgan fingerprint density at radius 2 is 2.31 bits per heavy atom. The number of nitrogens with zero attached hydrogens (tertiary/aromatic N) is 1. The molecule has 4 nitrogen and oxygen atoms in total. The maximum Gasteiger partial charge on any atom is 0.208 e. The number of ether oxygens (including phenoxy) is 1. The van der Waals surface area contributed by atoms with Crippen molar-refractivity contribution in [2.75, 3.05) is 7.11 Å². The summed E-state index contributed by atoms with van der Waals surface area (Å²) in [6.45, 7) is 0.288. The smallest absolute Gasteiger partial charge is 0.208 e. The Hall–Kier alpha value is -1.33. The molecule has 84 valence electrons. The van der Waals surface area contributed by atoms with Gasteiger partial charge in [0.05, 0.1) is 25.4 Å². The molecule has 0 saturated carbocycles. The van der Waals surface area contributed by atoms with Gasteiger partial charge in [-0.1, -0.05) is 15.9 Å². The highest BCUT2D eigenvalue weighted by Crippen LogP contribution is 2.32. The summed E-state index contributed by atoms with van der Waals surface area (Å²) in [7, 11) is 1.62. The van der Waals surface area contributed by atoms with Crippen molar-refractivity contribution in [1.29, 1.82) is 0 Å². The van der Waals surface area contributed by atoms with Crippen LogP contribution in [0, 0.1) is 0 Å². The largest absolute Gasteiger partial charge is 0.496 e. The predicted molar refractivity (Wildman–Crippen MR) is 64.1 cm³/mol. The van der Waals surface area contributed by atoms with Crippen LogP contribution in [0.1, 0.15) is 5.89 Å². The lowest BCUT2D eigenvalue weighted by Gasteiger charge is -2.05. The van der Waals surface area contributed by atoms with E-state index in [1.807, 2.05) is 18.2 Å². The first kappa shape index (κ1) is 11.2. The Morgan fingerprint density at radius 3 is 2.94 bits per heavy atom. The van der Waals surface area contributed by atoms with Crippen LogP contribution >= 0.6 is 15.9 Å². The normalized spacial score (nSPS) is 10.4. The zero-order valence-electron chi connectivity index (χ0n) is 8.74. The second-order valence-corrected chi connectivity index (χ2v) is 4.08. The van der Waals surface area contributed by atoms with Crippen LogP contribution in [0.3, 0.4) is 0 Å². The average molecular weight is 283 g/mol. The first-order valence-corrected chi connectivity index (χ1v) is 5.52. The summed E-state index contributed by atoms with van der Waals surface area (Å²) in [4.78, 5) is 4.05. The Labute approximate surface area is 102 Å². The molecule has 0 saturated heterocycles. The van der Waals surface area contributed by atoms with Crippen molar-refractivity contribution in [1.82, 2.24) is 4.98 Å². The molecule has 2 aromatic rings. The van der Waals surface area contributed by atoms with Gasteiger partial charge in [-0.15, -0.1) is 0 Å². The fraction of sp³-hybridized carbons (Fsp3) is 0.182. The molecule has 1 heterocycles. The van der Waals surface area contributed by atoms with Crippen LogP contribution in [-0.4, -0.2) is 12.1 Å². The number of benzene rings is 1. The van der Waals surface area contributed by atoms with Crippen LogP contribution in [0.15, 0.2) is 33.3 Å². The van der Waals surface area contributed by atoms with Crippen LogP contribution < -0.4 is 10.5 Å². The number of nitrogens with two attached hydrogens (primary N) is 1. The summed E-state index contributed by atoms with van der Waals surface area (Å²) in [5, 5.41) is 0. The fourth-order valence-electron chi connectivity index (χ4n) is 1.40. The van der Waals surface area contributed by atoms with Gasteiger partial charge in [0.2, 0.25) is 5.89 Å². The molecular weight excluding hydrogens is 272 g/mol. The molecule has 0 amide bonds. The van der Waals surface area contributed by atoms with Gasteiger partial charge in [-0.2, -0.15) is 0 Å². The number of rotatable bonds is 3. The van der Waals surface area contributed by atoms with Gasteiger partial charge in [0.1, 0.15) is 5.75 Å². The number of oxazole rings is 1. The van der Waals surface area contributed by atoms with Crippen molar-refractivity contribution in [3.63, 3.8) is 0 Å². The Kier molecular flexibility index (Phi) is 3.26. The Balaban J connectivity index is 2.49. The van der Waals surface area contributed by atoms with Gasteiger partial charge >= 0.3 is 0 Å². The van der Waals surface area contributed by atoms with Crippen molar-refractivity contribution < 1.29 is 9.15 Å². The minimum absolute atomic E-state index is 0.288. The minimum atomic E-state index is 0.288. The lowest BCUT2D eigenvalue weighted by atomic mass is 10.1. The summed E-state index contributed by atoms with van der Waals surface area (Å²) >= 11 is 3.40. The van der Waals surface area contributed by atoms with Gasteiger partial charge < -0.3 is 14.9 Å². The highest BCUT2D eigenvalue weighted by atomic mass is 79.9. The van der Waals surface area contributed by atoms with E-state index in [0.717, 1.165) is 15.8 Å². The minimum Gasteiger partial charge on any atom is -0.496 e. The van der Waals surface area contributed by atoms with Crippen molar-refractivity contribution >= 4 is 15.9 Å². The third kappa shape index (κ3) is 2.10. The predicted octanol–water partition coefficient (Wildman–Crippen LogP) is 2.57. The molecule has 2 N–H and O–H groups in total. The number of halogens is 1. The SMILES string of the molecule is COc1ccc(Br)cc1-c1cnc(CN)o1. The van der Waals surface area contributed by atoms with Gasteiger partial charge in [-0.05, 0) is 18.2 Å². The molecule has 0 aliphatic carbocycles. The van der Waals surface area contributed by atoms with Crippen molar-refractivity contribution in [3.8, 4) is 17.1 Å². The quantitative estimate of drug-likeness (QED) is 0.940. The lowest BCUT2D eigenvalue weighted by Crippen LogP contribution is -1.94. The van der Waals surface area contributed by atoms with Gasteiger partial charge in [0.25, 0.3) is 0 Å². The van der Waals surface area contributed by atoms with E-state index < -0.39 is 0 Å². The van der Waals surface area contributed by atoms with E-state index in [0.29, 0.717) is 11.7 Å². The fourth-order valence-corrected chi connectivity index (χ4v) is 1.76. The molecule has 1 aromatic carbocycles. The summed E-state index contributed by atoms with van der Waals surface area (Å²) in [5.74, 6) is 1.90. The number of aromatic nitrogens is 1. The van der Waals surface area contributed by atoms with Crippen LogP contribution in [0.4, 0.5) is 0 Å². The van der Waals surface area contributed by atoms with Crippen LogP contribution in [0.2, 0.25) is 0 Å². The first-order chi connectivity index (χ1) is 7.74. The second-order valence-electron chi connectivity index (χ2n) is 3.17. The summed E-state index contributed by atoms with van der Waals surface area (Å²) < 4.78 is 11.7. The molecule has 0 radical (unpaired) electrons. The molecule has 0 aliphatic rings. The molecule has 1 aromatic heterocycles. The van der Waals surface area contributed by atoms with Crippen LogP contribution in [0.5, 0.6) is 5.75 Å². The van der Waals surface area contributed by atoms with Gasteiger partial charge in [-0.3, -0.25) is 0 Å². The first-order valence-electron chi connectivity index (χ1n) is 4.73. The van der Waals surface area contributed by atoms with Crippen LogP contribution in [-0.2, 0) is 6.54 Å². The molecule has 0 unspecified atom stereocenters. The maximum atomic E-state index is 5.48. The third-order valence-electron chi connectivity index (χ3n) is 2.16. The molecular formula is C11H11BrN2O2. The molecule has 16 heavy (non-hydrogen) atoms. The second kappa shape index (κ2) is 4.67. The lowest BCUT2D eigenvalue weighted by molar-refractivity contribution is 0.413. The summed E-state index contributed by atoms with van der Waals surface area (Å²) in [6, 6.07) is 5.69. The number of hydrogen-bond acceptors (Lipinski definition) is 4. The third-order valence-corrected chi connectivity index (χ3v) is 2.65. The van der Waals surface area contributed by atoms with E-state index in [9.17, 15) is 0 Å². The number of hydrogen-bond donors (Lipinski definition) is 1. The summed E-state index contributed by atoms with van der Waals surface area (Å²) in [6.07, 6.45) is 1.65. The zero-order chi connectivity index (χ0) is 11.5. The van der Waals surface area contributed by atoms with E-state index in [4.69, 9.17) is 14.9 Å². The van der Waals surface area contributed by atoms with E-state index >= 15 is 0 Å². The topological polar surface area (TPSA) is 61.3 Å². The average Bonchev–Trinajstić information content (AvgIpc) is 2.77. The monoisotopic (exact) mass is 282 g/mol. The standard InChI is InChI=1S/C11H11BrN2O2/c1-15-9-3-2-7(12)4-8(9)10-6-14-11(5-13)16-10/h2-4,6H,5,13H2,1H3. The molecule has 0 bridgehead atoms. The highest BCUT2D eigenvalue weighted by molar-refractivity contribution is 9.10. The van der Waals surface area contributed by atoms with E-state index in [2.05, 4.69) is 20.9 Å². The van der Waals surface area contributed by atoms with Gasteiger partial charge in [0.15, 0.2) is 5.76 Å². The summed E-state index contributed by atoms with van der Waals surface area (Å²) in [5.41, 5.74) is 6.30. The van der Waals surface area contributed by atoms with Crippen molar-refractivity contribution in [2.24, 2.45) is 5.73 Å². The van der Waals surface area contributed by atoms with Crippen molar-refractivity contribution in [2.45, 2.75) is 6.54 Å². The highest BCUT2D eigenvalue weighted by Gasteiger charge is 2.11. The van der Waals surface area contributed by atoms with E-state index in [1.165, 1.54) is 0 Å². The number of methoxy groups -OCH3 is 1. The van der Waals surface area contributed by atoms with Gasteiger partial charge in [0, 0.05) is 4.47 Å². The Morgan fingerprint density at radius 1 is 1.50 bits per heavy atom. The molecule has 0 fully saturated rings. The molecule has 0 aliphatic heterocycles. The molecule has 2 rings (SSSR count). The van der Waals surface area contributed by atoms with E-state index in [1.54, 1.807) is 13.3 Å². The van der Waals surface area contributed by atoms with Crippen molar-refractivity contribution in [3.05, 3.63) is 34.8 Å². The van der Waals surface area contributed by atoms with Crippen LogP contribution in [0.25, 0.3) is 11.3 Å². The molecule has 0 spiro atoms. The molecule has 0 atom stereocenters. The Bertz CT molecular complexity index is 496. The van der Waals surface area contributed by atoms with E-state index in [-0.39, 0.29) is 6.54 Å². The molecule has 5 heteroatoms. The van der Waals surface area contributed by atoms with Gasteiger partial charge in [-0.25, -0.2) is 4.98 Å². The maximum absolute atomic E-state index is 5.48.